The van der Waals surface area contributed by atoms with E-state index >= 15 is 0 Å². The van der Waals surface area contributed by atoms with Gasteiger partial charge in [0.2, 0.25) is 5.91 Å². The maximum absolute atomic E-state index is 13.0. The summed E-state index contributed by atoms with van der Waals surface area (Å²) in [6, 6.07) is 7.79. The van der Waals surface area contributed by atoms with E-state index in [4.69, 9.17) is 0 Å². The predicted molar refractivity (Wildman–Crippen MR) is 103 cm³/mol. The second kappa shape index (κ2) is 8.03. The lowest BCUT2D eigenvalue weighted by Gasteiger charge is -2.32. The zero-order valence-electron chi connectivity index (χ0n) is 15.0. The molecule has 1 aliphatic rings. The summed E-state index contributed by atoms with van der Waals surface area (Å²) in [6.45, 7) is 5.56. The Morgan fingerprint density at radius 3 is 2.73 bits per heavy atom. The molecule has 1 atom stereocenters. The quantitative estimate of drug-likeness (QED) is 0.829. The van der Waals surface area contributed by atoms with Gasteiger partial charge in [-0.1, -0.05) is 15.9 Å². The number of hydrogen-bond acceptors (Lipinski definition) is 3. The Bertz CT molecular complexity index is 800. The summed E-state index contributed by atoms with van der Waals surface area (Å²) in [5.74, 6) is -0.151. The number of rotatable bonds is 4. The molecule has 1 aliphatic heterocycles. The van der Waals surface area contributed by atoms with Gasteiger partial charge in [-0.2, -0.15) is 5.10 Å². The molecule has 1 N–H and O–H groups in total. The third-order valence-corrected chi connectivity index (χ3v) is 5.27. The van der Waals surface area contributed by atoms with Crippen molar-refractivity contribution in [3.63, 3.8) is 0 Å². The standard InChI is InChI=1S/C19H23BrN4O2/c1-3-21-18(25)14-5-4-10-23(12-14)19(26)17-11-22-24(13(17)2)16-8-6-15(20)7-9-16/h6-9,11,14H,3-5,10,12H2,1-2H3,(H,21,25). The summed E-state index contributed by atoms with van der Waals surface area (Å²) in [5, 5.41) is 7.25. The van der Waals surface area contributed by atoms with E-state index in [0.29, 0.717) is 25.2 Å². The molecule has 26 heavy (non-hydrogen) atoms. The second-order valence-electron chi connectivity index (χ2n) is 6.52. The summed E-state index contributed by atoms with van der Waals surface area (Å²) in [4.78, 5) is 26.9. The lowest BCUT2D eigenvalue weighted by atomic mass is 9.96. The van der Waals surface area contributed by atoms with Crippen LogP contribution in [0.3, 0.4) is 0 Å². The van der Waals surface area contributed by atoms with Gasteiger partial charge in [-0.05, 0) is 51.0 Å². The molecule has 2 heterocycles. The first-order chi connectivity index (χ1) is 12.5. The molecule has 3 rings (SSSR count). The number of aromatic nitrogens is 2. The monoisotopic (exact) mass is 418 g/mol. The van der Waals surface area contributed by atoms with Crippen LogP contribution in [0.25, 0.3) is 5.69 Å². The molecule has 1 unspecified atom stereocenters. The SMILES string of the molecule is CCNC(=O)C1CCCN(C(=O)c2cnn(-c3ccc(Br)cc3)c2C)C1. The number of likely N-dealkylation sites (tertiary alicyclic amines) is 1. The van der Waals surface area contributed by atoms with Crippen LogP contribution in [-0.4, -0.2) is 46.1 Å². The highest BCUT2D eigenvalue weighted by Gasteiger charge is 2.30. The maximum Gasteiger partial charge on any atom is 0.257 e. The summed E-state index contributed by atoms with van der Waals surface area (Å²) >= 11 is 3.42. The number of nitrogens with zero attached hydrogens (tertiary/aromatic N) is 3. The van der Waals surface area contributed by atoms with E-state index in [9.17, 15) is 9.59 Å². The minimum Gasteiger partial charge on any atom is -0.356 e. The zero-order chi connectivity index (χ0) is 18.7. The normalized spacial score (nSPS) is 17.2. The lowest BCUT2D eigenvalue weighted by molar-refractivity contribution is -0.126. The van der Waals surface area contributed by atoms with Crippen LogP contribution in [0.4, 0.5) is 0 Å². The minimum atomic E-state index is -0.130. The van der Waals surface area contributed by atoms with Crippen molar-refractivity contribution in [2.75, 3.05) is 19.6 Å². The van der Waals surface area contributed by atoms with Crippen LogP contribution in [0.5, 0.6) is 0 Å². The molecule has 0 aliphatic carbocycles. The molecule has 0 saturated carbocycles. The summed E-state index contributed by atoms with van der Waals surface area (Å²) in [5.41, 5.74) is 2.30. The number of piperidine rings is 1. The van der Waals surface area contributed by atoms with Gasteiger partial charge in [0.1, 0.15) is 0 Å². The van der Waals surface area contributed by atoms with Gasteiger partial charge >= 0.3 is 0 Å². The van der Waals surface area contributed by atoms with Gasteiger partial charge in [0, 0.05) is 24.1 Å². The smallest absolute Gasteiger partial charge is 0.257 e. The average molecular weight is 419 g/mol. The van der Waals surface area contributed by atoms with Gasteiger partial charge in [0.05, 0.1) is 29.1 Å². The molecule has 2 aromatic rings. The van der Waals surface area contributed by atoms with Crippen LogP contribution in [0, 0.1) is 12.8 Å². The van der Waals surface area contributed by atoms with Crippen molar-refractivity contribution in [3.05, 3.63) is 46.2 Å². The van der Waals surface area contributed by atoms with Gasteiger partial charge < -0.3 is 10.2 Å². The van der Waals surface area contributed by atoms with Crippen LogP contribution in [0.2, 0.25) is 0 Å². The number of carbonyl (C=O) groups is 2. The Labute approximate surface area is 161 Å². The highest BCUT2D eigenvalue weighted by atomic mass is 79.9. The van der Waals surface area contributed by atoms with E-state index in [1.165, 1.54) is 0 Å². The number of amides is 2. The fourth-order valence-electron chi connectivity index (χ4n) is 3.33. The summed E-state index contributed by atoms with van der Waals surface area (Å²) in [6.07, 6.45) is 3.29. The number of carbonyl (C=O) groups excluding carboxylic acids is 2. The molecular formula is C19H23BrN4O2. The molecule has 2 amide bonds. The van der Waals surface area contributed by atoms with E-state index in [0.717, 1.165) is 28.7 Å². The molecular weight excluding hydrogens is 396 g/mol. The molecule has 0 radical (unpaired) electrons. The highest BCUT2D eigenvalue weighted by molar-refractivity contribution is 9.10. The molecule has 1 aromatic carbocycles. The Morgan fingerprint density at radius 1 is 1.31 bits per heavy atom. The zero-order valence-corrected chi connectivity index (χ0v) is 16.6. The van der Waals surface area contributed by atoms with Crippen LogP contribution in [0.1, 0.15) is 35.8 Å². The third kappa shape index (κ3) is 3.82. The maximum atomic E-state index is 13.0. The number of nitrogens with one attached hydrogen (secondary N) is 1. The molecule has 1 aromatic heterocycles. The van der Waals surface area contributed by atoms with E-state index in [-0.39, 0.29) is 17.7 Å². The molecule has 1 fully saturated rings. The number of hydrogen-bond donors (Lipinski definition) is 1. The van der Waals surface area contributed by atoms with Gasteiger partial charge in [0.15, 0.2) is 0 Å². The van der Waals surface area contributed by atoms with Gasteiger partial charge in [-0.25, -0.2) is 4.68 Å². The van der Waals surface area contributed by atoms with Crippen molar-refractivity contribution < 1.29 is 9.59 Å². The summed E-state index contributed by atoms with van der Waals surface area (Å²) < 4.78 is 2.76. The third-order valence-electron chi connectivity index (χ3n) is 4.74. The Balaban J connectivity index is 1.78. The molecule has 0 spiro atoms. The first-order valence-electron chi connectivity index (χ1n) is 8.88. The first kappa shape index (κ1) is 18.6. The Kier molecular flexibility index (Phi) is 5.76. The van der Waals surface area contributed by atoms with Gasteiger partial charge in [-0.3, -0.25) is 9.59 Å². The number of benzene rings is 1. The van der Waals surface area contributed by atoms with Gasteiger partial charge in [-0.15, -0.1) is 0 Å². The van der Waals surface area contributed by atoms with E-state index in [1.54, 1.807) is 15.8 Å². The molecule has 6 nitrogen and oxygen atoms in total. The largest absolute Gasteiger partial charge is 0.356 e. The van der Waals surface area contributed by atoms with Crippen molar-refractivity contribution in [1.29, 1.82) is 0 Å². The van der Waals surface area contributed by atoms with Crippen molar-refractivity contribution in [1.82, 2.24) is 20.0 Å². The molecule has 7 heteroatoms. The molecule has 138 valence electrons. The topological polar surface area (TPSA) is 67.2 Å². The highest BCUT2D eigenvalue weighted by Crippen LogP contribution is 2.22. The van der Waals surface area contributed by atoms with Crippen LogP contribution in [-0.2, 0) is 4.79 Å². The fourth-order valence-corrected chi connectivity index (χ4v) is 3.59. The van der Waals surface area contributed by atoms with E-state index in [2.05, 4.69) is 26.3 Å². The van der Waals surface area contributed by atoms with Crippen LogP contribution in [0.15, 0.2) is 34.9 Å². The average Bonchev–Trinajstić information content (AvgIpc) is 3.03. The van der Waals surface area contributed by atoms with Crippen molar-refractivity contribution in [3.8, 4) is 5.69 Å². The Morgan fingerprint density at radius 2 is 2.04 bits per heavy atom. The van der Waals surface area contributed by atoms with Crippen molar-refractivity contribution in [2.24, 2.45) is 5.92 Å². The van der Waals surface area contributed by atoms with E-state index in [1.807, 2.05) is 38.1 Å². The van der Waals surface area contributed by atoms with Crippen LogP contribution >= 0.6 is 15.9 Å². The lowest BCUT2D eigenvalue weighted by Crippen LogP contribution is -2.45. The minimum absolute atomic E-state index is 0.0345. The summed E-state index contributed by atoms with van der Waals surface area (Å²) in [7, 11) is 0. The predicted octanol–water partition coefficient (Wildman–Crippen LogP) is 2.93. The first-order valence-corrected chi connectivity index (χ1v) is 9.68. The van der Waals surface area contributed by atoms with Gasteiger partial charge in [0.25, 0.3) is 5.91 Å². The van der Waals surface area contributed by atoms with Crippen molar-refractivity contribution in [2.45, 2.75) is 26.7 Å². The second-order valence-corrected chi connectivity index (χ2v) is 7.43. The van der Waals surface area contributed by atoms with Crippen LogP contribution < -0.4 is 5.32 Å². The van der Waals surface area contributed by atoms with Crippen molar-refractivity contribution >= 4 is 27.7 Å². The van der Waals surface area contributed by atoms with E-state index < -0.39 is 0 Å². The molecule has 0 bridgehead atoms. The fraction of sp³-hybridized carbons (Fsp3) is 0.421. The molecule has 1 saturated heterocycles. The Hall–Kier alpha value is -2.15. The number of halogens is 1.